The third kappa shape index (κ3) is 4.96. The second kappa shape index (κ2) is 11.0. The minimum absolute atomic E-state index is 0.0525. The van der Waals surface area contributed by atoms with Gasteiger partial charge in [0.2, 0.25) is 0 Å². The number of rotatable bonds is 9. The molecule has 0 fully saturated rings. The van der Waals surface area contributed by atoms with Crippen molar-refractivity contribution in [2.24, 2.45) is 0 Å². The highest BCUT2D eigenvalue weighted by Gasteiger charge is 2.28. The van der Waals surface area contributed by atoms with Crippen molar-refractivity contribution in [1.29, 1.82) is 0 Å². The van der Waals surface area contributed by atoms with Crippen LogP contribution >= 0.6 is 0 Å². The van der Waals surface area contributed by atoms with Crippen molar-refractivity contribution >= 4 is 17.7 Å². The number of carbonyl (C=O) groups excluding carboxylic acids is 3. The summed E-state index contributed by atoms with van der Waals surface area (Å²) in [4.78, 5) is 40.6. The number of esters is 1. The van der Waals surface area contributed by atoms with Gasteiger partial charge in [0, 0.05) is 29.9 Å². The van der Waals surface area contributed by atoms with E-state index in [1.165, 1.54) is 7.11 Å². The van der Waals surface area contributed by atoms with Crippen molar-refractivity contribution < 1.29 is 19.1 Å². The molecule has 2 aromatic carbocycles. The Morgan fingerprint density at radius 1 is 0.912 bits per heavy atom. The predicted octanol–water partition coefficient (Wildman–Crippen LogP) is 5.31. The first-order chi connectivity index (χ1) is 16.3. The van der Waals surface area contributed by atoms with Crippen LogP contribution in [0.1, 0.15) is 62.7 Å². The van der Waals surface area contributed by atoms with E-state index >= 15 is 0 Å². The third-order valence-electron chi connectivity index (χ3n) is 6.09. The van der Waals surface area contributed by atoms with Crippen LogP contribution in [0.15, 0.2) is 54.6 Å². The average Bonchev–Trinajstić information content (AvgIpc) is 3.12. The van der Waals surface area contributed by atoms with Crippen LogP contribution in [-0.4, -0.2) is 47.3 Å². The number of ether oxygens (including phenoxy) is 1. The molecule has 0 atom stereocenters. The Morgan fingerprint density at radius 2 is 1.53 bits per heavy atom. The monoisotopic (exact) mass is 460 g/mol. The van der Waals surface area contributed by atoms with Gasteiger partial charge < -0.3 is 14.2 Å². The molecule has 0 saturated carbocycles. The zero-order valence-corrected chi connectivity index (χ0v) is 20.6. The Hall–Kier alpha value is -3.67. The average molecular weight is 461 g/mol. The zero-order chi connectivity index (χ0) is 24.8. The largest absolute Gasteiger partial charge is 0.464 e. The fourth-order valence-corrected chi connectivity index (χ4v) is 4.45. The number of aromatic nitrogens is 1. The maximum absolute atomic E-state index is 13.4. The number of Topliss-reactive ketones (excluding diaryl/α,β-unsaturated/α-hetero) is 1. The van der Waals surface area contributed by atoms with Crippen molar-refractivity contribution in [3.63, 3.8) is 0 Å². The first-order valence-corrected chi connectivity index (χ1v) is 11.6. The van der Waals surface area contributed by atoms with Gasteiger partial charge in [0.15, 0.2) is 5.78 Å². The van der Waals surface area contributed by atoms with Crippen LogP contribution in [0.5, 0.6) is 0 Å². The SMILES string of the molecule is CCCN(CC(=O)c1c(C)c(C(=O)OC)n(CC)c1C)C(=O)c1ccc(-c2ccccc2)cc1. The maximum atomic E-state index is 13.4. The number of hydrogen-bond acceptors (Lipinski definition) is 4. The van der Waals surface area contributed by atoms with Crippen LogP contribution in [-0.2, 0) is 11.3 Å². The Kier molecular flexibility index (Phi) is 8.05. The van der Waals surface area contributed by atoms with E-state index in [-0.39, 0.29) is 18.2 Å². The van der Waals surface area contributed by atoms with Gasteiger partial charge >= 0.3 is 5.97 Å². The van der Waals surface area contributed by atoms with Crippen molar-refractivity contribution in [1.82, 2.24) is 9.47 Å². The molecule has 34 heavy (non-hydrogen) atoms. The molecule has 1 heterocycles. The highest BCUT2D eigenvalue weighted by molar-refractivity contribution is 6.06. The minimum atomic E-state index is -0.471. The van der Waals surface area contributed by atoms with E-state index in [9.17, 15) is 14.4 Å². The summed E-state index contributed by atoms with van der Waals surface area (Å²) < 4.78 is 6.72. The summed E-state index contributed by atoms with van der Waals surface area (Å²) in [6.45, 7) is 8.42. The maximum Gasteiger partial charge on any atom is 0.354 e. The van der Waals surface area contributed by atoms with Crippen LogP contribution in [0.3, 0.4) is 0 Å². The number of amides is 1. The zero-order valence-electron chi connectivity index (χ0n) is 20.6. The lowest BCUT2D eigenvalue weighted by Gasteiger charge is -2.22. The molecular weight excluding hydrogens is 428 g/mol. The lowest BCUT2D eigenvalue weighted by Crippen LogP contribution is -2.36. The molecule has 1 aromatic heterocycles. The molecule has 3 aromatic rings. The van der Waals surface area contributed by atoms with Crippen molar-refractivity contribution in [3.8, 4) is 11.1 Å². The Balaban J connectivity index is 1.86. The summed E-state index contributed by atoms with van der Waals surface area (Å²) in [6, 6.07) is 17.4. The molecular formula is C28H32N2O4. The summed E-state index contributed by atoms with van der Waals surface area (Å²) in [7, 11) is 1.33. The molecule has 0 unspecified atom stereocenters. The molecule has 6 nitrogen and oxygen atoms in total. The third-order valence-corrected chi connectivity index (χ3v) is 6.09. The molecule has 0 aliphatic rings. The van der Waals surface area contributed by atoms with Gasteiger partial charge in [-0.25, -0.2) is 4.79 Å². The van der Waals surface area contributed by atoms with Crippen LogP contribution in [0, 0.1) is 13.8 Å². The Morgan fingerprint density at radius 3 is 2.09 bits per heavy atom. The molecule has 6 heteroatoms. The normalized spacial score (nSPS) is 10.7. The van der Waals surface area contributed by atoms with E-state index in [1.807, 2.05) is 63.2 Å². The molecule has 3 rings (SSSR count). The molecule has 1 amide bonds. The first-order valence-electron chi connectivity index (χ1n) is 11.6. The highest BCUT2D eigenvalue weighted by Crippen LogP contribution is 2.25. The van der Waals surface area contributed by atoms with E-state index in [0.717, 1.165) is 17.5 Å². The second-order valence-electron chi connectivity index (χ2n) is 8.26. The van der Waals surface area contributed by atoms with Gasteiger partial charge in [-0.3, -0.25) is 9.59 Å². The molecule has 0 radical (unpaired) electrons. The van der Waals surface area contributed by atoms with Crippen molar-refractivity contribution in [3.05, 3.63) is 82.7 Å². The predicted molar refractivity (Wildman–Crippen MR) is 133 cm³/mol. The molecule has 0 bridgehead atoms. The minimum Gasteiger partial charge on any atom is -0.464 e. The van der Waals surface area contributed by atoms with Crippen molar-refractivity contribution in [2.75, 3.05) is 20.2 Å². The fraction of sp³-hybridized carbons (Fsp3) is 0.321. The van der Waals surface area contributed by atoms with Gasteiger partial charge in [0.25, 0.3) is 5.91 Å². The van der Waals surface area contributed by atoms with E-state index in [0.29, 0.717) is 41.2 Å². The van der Waals surface area contributed by atoms with E-state index < -0.39 is 5.97 Å². The quantitative estimate of drug-likeness (QED) is 0.320. The van der Waals surface area contributed by atoms with Crippen LogP contribution in [0.4, 0.5) is 0 Å². The lowest BCUT2D eigenvalue weighted by molar-refractivity contribution is 0.0587. The number of nitrogens with zero attached hydrogens (tertiary/aromatic N) is 2. The van der Waals surface area contributed by atoms with E-state index in [2.05, 4.69) is 0 Å². The Labute approximate surface area is 201 Å². The van der Waals surface area contributed by atoms with Gasteiger partial charge in [-0.2, -0.15) is 0 Å². The van der Waals surface area contributed by atoms with Gasteiger partial charge in [-0.05, 0) is 56.0 Å². The van der Waals surface area contributed by atoms with Crippen LogP contribution < -0.4 is 0 Å². The standard InChI is InChI=1S/C28H32N2O4/c1-6-17-29(27(32)23-15-13-22(14-16-23)21-11-9-8-10-12-21)18-24(31)25-19(3)26(28(33)34-5)30(7-2)20(25)4/h8-16H,6-7,17-18H2,1-5H3. The molecule has 0 aliphatic heterocycles. The van der Waals surface area contributed by atoms with E-state index in [4.69, 9.17) is 4.74 Å². The van der Waals surface area contributed by atoms with Gasteiger partial charge in [-0.15, -0.1) is 0 Å². The number of benzene rings is 2. The molecule has 0 saturated heterocycles. The number of ketones is 1. The smallest absolute Gasteiger partial charge is 0.354 e. The number of carbonyl (C=O) groups is 3. The topological polar surface area (TPSA) is 68.6 Å². The number of hydrogen-bond donors (Lipinski definition) is 0. The van der Waals surface area contributed by atoms with Crippen LogP contribution in [0.25, 0.3) is 11.1 Å². The number of methoxy groups -OCH3 is 1. The highest BCUT2D eigenvalue weighted by atomic mass is 16.5. The van der Waals surface area contributed by atoms with Crippen molar-refractivity contribution in [2.45, 2.75) is 40.7 Å². The fourth-order valence-electron chi connectivity index (χ4n) is 4.45. The summed E-state index contributed by atoms with van der Waals surface area (Å²) in [5.41, 5.74) is 4.81. The van der Waals surface area contributed by atoms with Gasteiger partial charge in [-0.1, -0.05) is 49.4 Å². The summed E-state index contributed by atoms with van der Waals surface area (Å²) in [6.07, 6.45) is 0.725. The summed E-state index contributed by atoms with van der Waals surface area (Å²) in [5, 5.41) is 0. The first kappa shape index (κ1) is 25.0. The van der Waals surface area contributed by atoms with Gasteiger partial charge in [0.05, 0.1) is 13.7 Å². The molecule has 0 N–H and O–H groups in total. The second-order valence-corrected chi connectivity index (χ2v) is 8.26. The van der Waals surface area contributed by atoms with Gasteiger partial charge in [0.1, 0.15) is 5.69 Å². The molecule has 0 aliphatic carbocycles. The summed E-state index contributed by atoms with van der Waals surface area (Å²) in [5.74, 6) is -0.843. The lowest BCUT2D eigenvalue weighted by atomic mass is 10.0. The van der Waals surface area contributed by atoms with Crippen LogP contribution in [0.2, 0.25) is 0 Å². The Bertz CT molecular complexity index is 1180. The molecule has 178 valence electrons. The van der Waals surface area contributed by atoms with E-state index in [1.54, 1.807) is 28.5 Å². The molecule has 0 spiro atoms. The summed E-state index contributed by atoms with van der Waals surface area (Å²) >= 11 is 0.